The van der Waals surface area contributed by atoms with Crippen molar-refractivity contribution in [2.75, 3.05) is 0 Å². The summed E-state index contributed by atoms with van der Waals surface area (Å²) in [5.74, 6) is -2.70. The second-order valence-electron chi connectivity index (χ2n) is 6.00. The number of rotatable bonds is 2. The molecule has 0 saturated heterocycles. The average molecular weight is 456 g/mol. The van der Waals surface area contributed by atoms with Gasteiger partial charge in [-0.3, -0.25) is 9.59 Å². The summed E-state index contributed by atoms with van der Waals surface area (Å²) in [7, 11) is 0. The molecule has 1 saturated carbocycles. The highest BCUT2D eigenvalue weighted by molar-refractivity contribution is 6.07. The Morgan fingerprint density at radius 1 is 1.12 bits per heavy atom. The Labute approximate surface area is 147 Å². The SMILES string of the molecule is CC1(C)CC(=O)C([I+]c2ccccc2)C(=O)C1.O=C([O-])C(F)(F)F. The molecule has 2 rings (SSSR count). The predicted octanol–water partition coefficient (Wildman–Crippen LogP) is -1.43. The topological polar surface area (TPSA) is 74.3 Å². The minimum absolute atomic E-state index is 0.134. The third kappa shape index (κ3) is 6.58. The Morgan fingerprint density at radius 2 is 1.54 bits per heavy atom. The summed E-state index contributed by atoms with van der Waals surface area (Å²) in [6.07, 6.45) is -4.09. The minimum atomic E-state index is -5.19. The molecule has 1 aromatic rings. The lowest BCUT2D eigenvalue weighted by Crippen LogP contribution is -3.66. The normalized spacial score (nSPS) is 17.9. The van der Waals surface area contributed by atoms with Crippen molar-refractivity contribution in [3.05, 3.63) is 33.9 Å². The van der Waals surface area contributed by atoms with Gasteiger partial charge in [0.25, 0.3) is 3.92 Å². The summed E-state index contributed by atoms with van der Waals surface area (Å²) in [5, 5.41) is 8.78. The van der Waals surface area contributed by atoms with Gasteiger partial charge in [-0.05, 0) is 17.5 Å². The molecule has 4 nitrogen and oxygen atoms in total. The first-order valence-corrected chi connectivity index (χ1v) is 9.27. The standard InChI is InChI=1S/C14H16IO2.C2HF3O2/c1-14(2)8-11(16)13(12(17)9-14)15-10-6-4-3-5-7-10;3-2(4,5)1(6)7/h3-7,13H,8-9H2,1-2H3;(H,6,7)/q+1;/p-1. The highest BCUT2D eigenvalue weighted by Crippen LogP contribution is 2.30. The number of carboxylic acid groups (broad SMARTS) is 1. The van der Waals surface area contributed by atoms with Gasteiger partial charge in [-0.1, -0.05) is 32.0 Å². The van der Waals surface area contributed by atoms with Crippen molar-refractivity contribution < 1.29 is 53.9 Å². The number of carboxylic acids is 1. The highest BCUT2D eigenvalue weighted by atomic mass is 127. The Hall–Kier alpha value is -1.45. The molecule has 1 aromatic carbocycles. The van der Waals surface area contributed by atoms with Crippen LogP contribution in [0.2, 0.25) is 0 Å². The lowest BCUT2D eigenvalue weighted by atomic mass is 9.76. The summed E-state index contributed by atoms with van der Waals surface area (Å²) < 4.78 is 32.4. The van der Waals surface area contributed by atoms with Crippen molar-refractivity contribution in [3.63, 3.8) is 0 Å². The summed E-state index contributed by atoms with van der Waals surface area (Å²) in [6, 6.07) is 9.94. The van der Waals surface area contributed by atoms with Crippen LogP contribution in [0.15, 0.2) is 30.3 Å². The molecule has 24 heavy (non-hydrogen) atoms. The van der Waals surface area contributed by atoms with E-state index in [2.05, 4.69) is 0 Å². The van der Waals surface area contributed by atoms with Crippen LogP contribution in [0.5, 0.6) is 0 Å². The fourth-order valence-corrected chi connectivity index (χ4v) is 4.78. The van der Waals surface area contributed by atoms with Gasteiger partial charge in [0, 0.05) is 12.8 Å². The van der Waals surface area contributed by atoms with Gasteiger partial charge in [0.05, 0.1) is 0 Å². The van der Waals surface area contributed by atoms with Crippen LogP contribution in [0.3, 0.4) is 0 Å². The van der Waals surface area contributed by atoms with E-state index in [1.807, 2.05) is 44.2 Å². The number of benzene rings is 1. The van der Waals surface area contributed by atoms with Crippen LogP contribution in [0, 0.1) is 8.99 Å². The summed E-state index contributed by atoms with van der Waals surface area (Å²) >= 11 is -0.516. The minimum Gasteiger partial charge on any atom is -0.542 e. The number of alkyl halides is 4. The van der Waals surface area contributed by atoms with Gasteiger partial charge in [-0.2, -0.15) is 13.2 Å². The lowest BCUT2D eigenvalue weighted by molar-refractivity contribution is -0.637. The van der Waals surface area contributed by atoms with E-state index in [0.29, 0.717) is 12.8 Å². The Kier molecular flexibility index (Phi) is 6.94. The maximum Gasteiger partial charge on any atom is 0.430 e. The number of carbonyl (C=O) groups is 3. The first-order chi connectivity index (χ1) is 10.9. The van der Waals surface area contributed by atoms with Crippen LogP contribution in [0.25, 0.3) is 0 Å². The first-order valence-electron chi connectivity index (χ1n) is 6.94. The molecule has 0 spiro atoms. The zero-order valence-electron chi connectivity index (χ0n) is 13.0. The number of carbonyl (C=O) groups excluding carboxylic acids is 3. The van der Waals surface area contributed by atoms with E-state index in [0.717, 1.165) is 0 Å². The van der Waals surface area contributed by atoms with Crippen molar-refractivity contribution in [1.29, 1.82) is 0 Å². The van der Waals surface area contributed by atoms with Crippen molar-refractivity contribution in [3.8, 4) is 0 Å². The molecule has 0 aliphatic heterocycles. The first kappa shape index (κ1) is 20.6. The third-order valence-electron chi connectivity index (χ3n) is 3.07. The van der Waals surface area contributed by atoms with E-state index in [9.17, 15) is 22.8 Å². The van der Waals surface area contributed by atoms with Crippen molar-refractivity contribution in [2.45, 2.75) is 36.8 Å². The van der Waals surface area contributed by atoms with Crippen LogP contribution in [0.4, 0.5) is 13.2 Å². The molecule has 0 amide bonds. The van der Waals surface area contributed by atoms with E-state index < -0.39 is 33.4 Å². The second-order valence-corrected chi connectivity index (χ2v) is 9.12. The summed E-state index contributed by atoms with van der Waals surface area (Å²) in [5.41, 5.74) is -0.134. The number of ketones is 2. The van der Waals surface area contributed by atoms with Gasteiger partial charge in [0.2, 0.25) is 0 Å². The molecule has 0 aromatic heterocycles. The molecule has 0 radical (unpaired) electrons. The lowest BCUT2D eigenvalue weighted by Gasteiger charge is -2.27. The molecule has 0 heterocycles. The van der Waals surface area contributed by atoms with E-state index >= 15 is 0 Å². The number of aliphatic carboxylic acids is 1. The monoisotopic (exact) mass is 456 g/mol. The molecule has 0 atom stereocenters. The zero-order valence-corrected chi connectivity index (χ0v) is 15.2. The van der Waals surface area contributed by atoms with Crippen molar-refractivity contribution in [2.24, 2.45) is 5.41 Å². The molecule has 1 fully saturated rings. The highest BCUT2D eigenvalue weighted by Gasteiger charge is 2.47. The number of halogens is 4. The fourth-order valence-electron chi connectivity index (χ4n) is 2.10. The molecule has 1 aliphatic rings. The van der Waals surface area contributed by atoms with Crippen molar-refractivity contribution in [1.82, 2.24) is 0 Å². The van der Waals surface area contributed by atoms with E-state index in [1.54, 1.807) is 0 Å². The number of Topliss-reactive ketones (excluding diaryl/α,β-unsaturated/α-hetero) is 2. The molecule has 0 bridgehead atoms. The zero-order chi connectivity index (χ0) is 18.5. The second kappa shape index (κ2) is 8.09. The Balaban J connectivity index is 0.000000351. The Morgan fingerprint density at radius 3 is 1.92 bits per heavy atom. The number of hydrogen-bond donors (Lipinski definition) is 0. The van der Waals surface area contributed by atoms with E-state index in [4.69, 9.17) is 9.90 Å². The molecule has 0 N–H and O–H groups in total. The predicted molar refractivity (Wildman–Crippen MR) is 73.0 cm³/mol. The van der Waals surface area contributed by atoms with Crippen LogP contribution in [0.1, 0.15) is 26.7 Å². The fraction of sp³-hybridized carbons (Fsp3) is 0.438. The summed E-state index contributed by atoms with van der Waals surface area (Å²) in [6.45, 7) is 4.00. The van der Waals surface area contributed by atoms with Crippen LogP contribution in [-0.2, 0) is 14.4 Å². The maximum absolute atomic E-state index is 12.0. The molecule has 0 unspecified atom stereocenters. The van der Waals surface area contributed by atoms with Gasteiger partial charge >= 0.3 is 27.4 Å². The largest absolute Gasteiger partial charge is 0.542 e. The molecule has 132 valence electrons. The quantitative estimate of drug-likeness (QED) is 0.311. The molecule has 1 aliphatic carbocycles. The van der Waals surface area contributed by atoms with Gasteiger partial charge in [-0.15, -0.1) is 0 Å². The molecular formula is C16H16F3IO4. The van der Waals surface area contributed by atoms with Crippen LogP contribution in [-0.4, -0.2) is 27.6 Å². The van der Waals surface area contributed by atoms with Crippen LogP contribution < -0.4 is 26.3 Å². The van der Waals surface area contributed by atoms with Gasteiger partial charge in [0.1, 0.15) is 5.97 Å². The van der Waals surface area contributed by atoms with Gasteiger partial charge < -0.3 is 9.90 Å². The van der Waals surface area contributed by atoms with E-state index in [-0.39, 0.29) is 20.9 Å². The van der Waals surface area contributed by atoms with E-state index in [1.165, 1.54) is 3.57 Å². The Bertz CT molecular complexity index is 591. The smallest absolute Gasteiger partial charge is 0.430 e. The van der Waals surface area contributed by atoms with Gasteiger partial charge in [0.15, 0.2) is 15.1 Å². The van der Waals surface area contributed by atoms with Crippen LogP contribution >= 0.6 is 0 Å². The average Bonchev–Trinajstić information content (AvgIpc) is 2.42. The van der Waals surface area contributed by atoms with Gasteiger partial charge in [-0.25, -0.2) is 0 Å². The molecular weight excluding hydrogens is 440 g/mol. The summed E-state index contributed by atoms with van der Waals surface area (Å²) in [4.78, 5) is 32.8. The number of hydrogen-bond acceptors (Lipinski definition) is 4. The molecule has 8 heteroatoms. The maximum atomic E-state index is 12.0. The third-order valence-corrected chi connectivity index (χ3v) is 6.52. The van der Waals surface area contributed by atoms with Crippen molar-refractivity contribution >= 4 is 17.5 Å².